The van der Waals surface area contributed by atoms with Gasteiger partial charge in [-0.25, -0.2) is 4.98 Å². The summed E-state index contributed by atoms with van der Waals surface area (Å²) in [5.41, 5.74) is 1.33. The molecule has 0 amide bonds. The van der Waals surface area contributed by atoms with Gasteiger partial charge in [0.15, 0.2) is 0 Å². The van der Waals surface area contributed by atoms with Crippen LogP contribution in [0.15, 0.2) is 24.4 Å². The molecule has 3 heterocycles. The fourth-order valence-corrected chi connectivity index (χ4v) is 6.31. The van der Waals surface area contributed by atoms with Crippen LogP contribution in [0.3, 0.4) is 0 Å². The molecule has 5 rings (SSSR count). The molecule has 1 aliphatic carbocycles. The number of aromatic nitrogens is 2. The van der Waals surface area contributed by atoms with Crippen molar-refractivity contribution >= 4 is 35.0 Å². The molecule has 1 saturated carbocycles. The van der Waals surface area contributed by atoms with E-state index in [9.17, 15) is 5.26 Å². The van der Waals surface area contributed by atoms with Crippen molar-refractivity contribution in [1.82, 2.24) is 14.9 Å². The number of nitrogens with one attached hydrogen (secondary N) is 1. The van der Waals surface area contributed by atoms with E-state index in [4.69, 9.17) is 28.2 Å². The highest BCUT2D eigenvalue weighted by atomic mass is 35.5. The van der Waals surface area contributed by atoms with Crippen molar-refractivity contribution in [2.24, 2.45) is 17.8 Å². The first-order chi connectivity index (χ1) is 16.4. The van der Waals surface area contributed by atoms with E-state index in [-0.39, 0.29) is 6.04 Å². The standard InChI is InChI=1S/C26H32Cl2N6/c1-16-8-22(9-16)33-7-3-4-18(13-33)20-14-34(15-20)26-30-12-19(11-29)25(32-26)31-17(2)23-6-5-21(27)10-24(23)28/h5-6,10,12,16-18,20,22H,3-4,7-9,13-15H2,1-2H3,(H,30,31,32)/t16-,17-,18+,22+/m1/s1. The number of piperidine rings is 1. The molecule has 0 unspecified atom stereocenters. The summed E-state index contributed by atoms with van der Waals surface area (Å²) in [5, 5.41) is 14.1. The Kier molecular flexibility index (Phi) is 6.88. The molecule has 3 fully saturated rings. The van der Waals surface area contributed by atoms with E-state index in [0.29, 0.717) is 33.3 Å². The van der Waals surface area contributed by atoms with Crippen LogP contribution in [0.2, 0.25) is 10.0 Å². The summed E-state index contributed by atoms with van der Waals surface area (Å²) in [4.78, 5) is 14.2. The minimum atomic E-state index is -0.133. The van der Waals surface area contributed by atoms with Crippen molar-refractivity contribution < 1.29 is 0 Å². The molecule has 8 heteroatoms. The van der Waals surface area contributed by atoms with Gasteiger partial charge in [0.25, 0.3) is 0 Å². The van der Waals surface area contributed by atoms with Crippen molar-refractivity contribution in [2.75, 3.05) is 36.4 Å². The quantitative estimate of drug-likeness (QED) is 0.544. The first-order valence-corrected chi connectivity index (χ1v) is 13.1. The molecule has 1 aromatic heterocycles. The number of likely N-dealkylation sites (tertiary alicyclic amines) is 1. The average molecular weight is 499 g/mol. The van der Waals surface area contributed by atoms with Crippen molar-refractivity contribution in [3.05, 3.63) is 45.6 Å². The van der Waals surface area contributed by atoms with Gasteiger partial charge in [-0.2, -0.15) is 10.2 Å². The third kappa shape index (κ3) is 4.84. The van der Waals surface area contributed by atoms with Crippen LogP contribution in [-0.4, -0.2) is 47.1 Å². The summed E-state index contributed by atoms with van der Waals surface area (Å²) in [6.07, 6.45) is 7.01. The molecular formula is C26H32Cl2N6. The number of hydrogen-bond acceptors (Lipinski definition) is 6. The van der Waals surface area contributed by atoms with E-state index in [1.54, 1.807) is 12.3 Å². The highest BCUT2D eigenvalue weighted by Crippen LogP contribution is 2.38. The lowest BCUT2D eigenvalue weighted by Gasteiger charge is -2.50. The summed E-state index contributed by atoms with van der Waals surface area (Å²) >= 11 is 12.4. The van der Waals surface area contributed by atoms with Gasteiger partial charge >= 0.3 is 0 Å². The number of nitriles is 1. The first-order valence-electron chi connectivity index (χ1n) is 12.4. The first kappa shape index (κ1) is 23.7. The highest BCUT2D eigenvalue weighted by Gasteiger charge is 2.40. The second kappa shape index (κ2) is 9.89. The fourth-order valence-electron chi connectivity index (χ4n) is 5.74. The molecule has 0 radical (unpaired) electrons. The summed E-state index contributed by atoms with van der Waals surface area (Å²) in [5.74, 6) is 3.59. The lowest BCUT2D eigenvalue weighted by atomic mass is 9.76. The van der Waals surface area contributed by atoms with Crippen LogP contribution in [0.5, 0.6) is 0 Å². The average Bonchev–Trinajstić information content (AvgIpc) is 2.76. The van der Waals surface area contributed by atoms with E-state index < -0.39 is 0 Å². The van der Waals surface area contributed by atoms with Gasteiger partial charge in [0.2, 0.25) is 5.95 Å². The lowest BCUT2D eigenvalue weighted by molar-refractivity contribution is 0.0294. The van der Waals surface area contributed by atoms with Crippen LogP contribution in [0.1, 0.15) is 56.7 Å². The van der Waals surface area contributed by atoms with E-state index in [2.05, 4.69) is 33.1 Å². The molecular weight excluding hydrogens is 467 g/mol. The van der Waals surface area contributed by atoms with E-state index in [1.165, 1.54) is 38.8 Å². The molecule has 34 heavy (non-hydrogen) atoms. The molecule has 1 aromatic carbocycles. The predicted octanol–water partition coefficient (Wildman–Crippen LogP) is 5.77. The van der Waals surface area contributed by atoms with Crippen molar-refractivity contribution in [1.29, 1.82) is 5.26 Å². The van der Waals surface area contributed by atoms with Crippen LogP contribution in [0, 0.1) is 29.1 Å². The second-order valence-corrected chi connectivity index (χ2v) is 11.2. The third-order valence-corrected chi connectivity index (χ3v) is 8.45. The van der Waals surface area contributed by atoms with Gasteiger partial charge < -0.3 is 15.1 Å². The van der Waals surface area contributed by atoms with Gasteiger partial charge in [0.1, 0.15) is 17.5 Å². The summed E-state index contributed by atoms with van der Waals surface area (Å²) < 4.78 is 0. The number of hydrogen-bond donors (Lipinski definition) is 1. The fraction of sp³-hybridized carbons (Fsp3) is 0.577. The smallest absolute Gasteiger partial charge is 0.227 e. The number of anilines is 2. The molecule has 1 N–H and O–H groups in total. The molecule has 2 aromatic rings. The van der Waals surface area contributed by atoms with Gasteiger partial charge in [0.05, 0.1) is 12.2 Å². The van der Waals surface area contributed by atoms with E-state index in [1.807, 2.05) is 19.1 Å². The van der Waals surface area contributed by atoms with Crippen molar-refractivity contribution in [3.63, 3.8) is 0 Å². The number of benzene rings is 1. The van der Waals surface area contributed by atoms with E-state index in [0.717, 1.165) is 36.5 Å². The topological polar surface area (TPSA) is 68.1 Å². The molecule has 2 aliphatic heterocycles. The minimum absolute atomic E-state index is 0.133. The number of halogens is 2. The lowest BCUT2D eigenvalue weighted by Crippen LogP contribution is -2.56. The Bertz CT molecular complexity index is 1070. The van der Waals surface area contributed by atoms with Gasteiger partial charge in [-0.15, -0.1) is 0 Å². The molecule has 0 bridgehead atoms. The van der Waals surface area contributed by atoms with E-state index >= 15 is 0 Å². The molecule has 180 valence electrons. The maximum absolute atomic E-state index is 9.59. The van der Waals surface area contributed by atoms with Crippen LogP contribution in [0.4, 0.5) is 11.8 Å². The SMILES string of the molecule is C[C@@H](Nc1nc(N2CC([C@H]3CCCN([C@H]4C[C@@H](C)C4)C3)C2)ncc1C#N)c1ccc(Cl)cc1Cl. The Labute approximate surface area is 212 Å². The van der Waals surface area contributed by atoms with Crippen molar-refractivity contribution in [2.45, 2.75) is 51.6 Å². The second-order valence-electron chi connectivity index (χ2n) is 10.4. The van der Waals surface area contributed by atoms with Crippen LogP contribution < -0.4 is 10.2 Å². The zero-order chi connectivity index (χ0) is 23.8. The Hall–Kier alpha value is -2.07. The summed E-state index contributed by atoms with van der Waals surface area (Å²) in [7, 11) is 0. The Balaban J connectivity index is 1.22. The largest absolute Gasteiger partial charge is 0.362 e. The maximum atomic E-state index is 9.59. The molecule has 0 spiro atoms. The van der Waals surface area contributed by atoms with Gasteiger partial charge in [-0.1, -0.05) is 36.2 Å². The molecule has 3 aliphatic rings. The normalized spacial score (nSPS) is 26.3. The zero-order valence-corrected chi connectivity index (χ0v) is 21.4. The van der Waals surface area contributed by atoms with Crippen LogP contribution in [0.25, 0.3) is 0 Å². The summed E-state index contributed by atoms with van der Waals surface area (Å²) in [6.45, 7) is 8.86. The highest BCUT2D eigenvalue weighted by molar-refractivity contribution is 6.35. The zero-order valence-electron chi connectivity index (χ0n) is 19.8. The maximum Gasteiger partial charge on any atom is 0.227 e. The Morgan fingerprint density at radius 2 is 1.97 bits per heavy atom. The predicted molar refractivity (Wildman–Crippen MR) is 137 cm³/mol. The Morgan fingerprint density at radius 3 is 2.68 bits per heavy atom. The summed E-state index contributed by atoms with van der Waals surface area (Å²) in [6, 6.07) is 8.33. The van der Waals surface area contributed by atoms with Crippen LogP contribution >= 0.6 is 23.2 Å². The van der Waals surface area contributed by atoms with Crippen molar-refractivity contribution in [3.8, 4) is 6.07 Å². The number of nitrogens with zero attached hydrogens (tertiary/aromatic N) is 5. The Morgan fingerprint density at radius 1 is 1.18 bits per heavy atom. The molecule has 2 saturated heterocycles. The monoisotopic (exact) mass is 498 g/mol. The number of rotatable bonds is 6. The van der Waals surface area contributed by atoms with Gasteiger partial charge in [0, 0.05) is 35.7 Å². The molecule has 6 nitrogen and oxygen atoms in total. The minimum Gasteiger partial charge on any atom is -0.362 e. The van der Waals surface area contributed by atoms with Crippen LogP contribution in [-0.2, 0) is 0 Å². The molecule has 2 atom stereocenters. The third-order valence-electron chi connectivity index (χ3n) is 7.89. The van der Waals surface area contributed by atoms with Gasteiger partial charge in [-0.3, -0.25) is 0 Å². The van der Waals surface area contributed by atoms with Gasteiger partial charge in [-0.05, 0) is 74.6 Å².